The third kappa shape index (κ3) is 2.01. The lowest BCUT2D eigenvalue weighted by Gasteiger charge is -2.21. The second-order valence-electron chi connectivity index (χ2n) is 5.00. The lowest BCUT2D eigenvalue weighted by molar-refractivity contribution is 0.628. The number of aromatic nitrogens is 1. The fourth-order valence-electron chi connectivity index (χ4n) is 2.81. The van der Waals surface area contributed by atoms with Gasteiger partial charge in [-0.15, -0.1) is 0 Å². The van der Waals surface area contributed by atoms with E-state index in [0.717, 1.165) is 48.1 Å². The highest BCUT2D eigenvalue weighted by atomic mass is 19.1. The normalized spacial score (nSPS) is 13.6. The number of rotatable bonds is 1. The van der Waals surface area contributed by atoms with Crippen molar-refractivity contribution in [3.63, 3.8) is 0 Å². The molecule has 100 valence electrons. The molecule has 1 aromatic carbocycles. The van der Waals surface area contributed by atoms with Crippen molar-refractivity contribution in [1.29, 1.82) is 5.26 Å². The van der Waals surface area contributed by atoms with Crippen molar-refractivity contribution in [3.05, 3.63) is 46.9 Å². The number of nitrogens with two attached hydrogens (primary N) is 1. The van der Waals surface area contributed by atoms with E-state index in [-0.39, 0.29) is 11.6 Å². The van der Waals surface area contributed by atoms with Crippen molar-refractivity contribution in [2.45, 2.75) is 25.7 Å². The lowest BCUT2D eigenvalue weighted by Crippen LogP contribution is -2.11. The van der Waals surface area contributed by atoms with Gasteiger partial charge in [-0.25, -0.2) is 9.37 Å². The first-order valence-electron chi connectivity index (χ1n) is 6.68. The summed E-state index contributed by atoms with van der Waals surface area (Å²) in [7, 11) is 0. The summed E-state index contributed by atoms with van der Waals surface area (Å²) in [5.41, 5.74) is 10.0. The van der Waals surface area contributed by atoms with Gasteiger partial charge in [0.25, 0.3) is 0 Å². The van der Waals surface area contributed by atoms with E-state index in [9.17, 15) is 9.65 Å². The number of halogens is 1. The Morgan fingerprint density at radius 2 is 1.85 bits per heavy atom. The summed E-state index contributed by atoms with van der Waals surface area (Å²) in [5, 5.41) is 9.37. The number of nitrogens with zero attached hydrogens (tertiary/aromatic N) is 2. The van der Waals surface area contributed by atoms with Crippen LogP contribution in [0.3, 0.4) is 0 Å². The average molecular weight is 267 g/mol. The monoisotopic (exact) mass is 267 g/mol. The molecule has 1 aromatic heterocycles. The van der Waals surface area contributed by atoms with Gasteiger partial charge >= 0.3 is 0 Å². The Labute approximate surface area is 116 Å². The van der Waals surface area contributed by atoms with Crippen molar-refractivity contribution in [1.82, 2.24) is 4.98 Å². The SMILES string of the molecule is N#Cc1c(N)nc2c(c1-c1ccc(F)cc1)CCCC2. The van der Waals surface area contributed by atoms with Gasteiger partial charge in [0.2, 0.25) is 0 Å². The van der Waals surface area contributed by atoms with Gasteiger partial charge in [-0.05, 0) is 48.9 Å². The topological polar surface area (TPSA) is 62.7 Å². The number of nitriles is 1. The summed E-state index contributed by atoms with van der Waals surface area (Å²) in [6.45, 7) is 0. The molecule has 0 unspecified atom stereocenters. The molecule has 0 amide bonds. The molecule has 2 N–H and O–H groups in total. The summed E-state index contributed by atoms with van der Waals surface area (Å²) in [5.74, 6) is -0.0179. The molecule has 0 saturated heterocycles. The Bertz CT molecular complexity index is 699. The van der Waals surface area contributed by atoms with Crippen LogP contribution < -0.4 is 5.73 Å². The summed E-state index contributed by atoms with van der Waals surface area (Å²) < 4.78 is 13.1. The molecule has 0 bridgehead atoms. The number of hydrogen-bond donors (Lipinski definition) is 1. The first-order chi connectivity index (χ1) is 9.70. The second kappa shape index (κ2) is 4.93. The largest absolute Gasteiger partial charge is 0.383 e. The van der Waals surface area contributed by atoms with E-state index >= 15 is 0 Å². The Morgan fingerprint density at radius 3 is 2.55 bits per heavy atom. The zero-order valence-electron chi connectivity index (χ0n) is 11.0. The Hall–Kier alpha value is -2.41. The van der Waals surface area contributed by atoms with Gasteiger partial charge in [0.05, 0.1) is 0 Å². The van der Waals surface area contributed by atoms with Crippen LogP contribution >= 0.6 is 0 Å². The molecule has 1 aliphatic carbocycles. The van der Waals surface area contributed by atoms with Crippen LogP contribution in [0.1, 0.15) is 29.7 Å². The summed E-state index contributed by atoms with van der Waals surface area (Å²) >= 11 is 0. The fourth-order valence-corrected chi connectivity index (χ4v) is 2.81. The molecule has 3 rings (SSSR count). The molecule has 0 atom stereocenters. The summed E-state index contributed by atoms with van der Waals surface area (Å²) in [6, 6.07) is 8.34. The van der Waals surface area contributed by atoms with Crippen LogP contribution in [-0.4, -0.2) is 4.98 Å². The first kappa shape index (κ1) is 12.6. The molecule has 20 heavy (non-hydrogen) atoms. The van der Waals surface area contributed by atoms with Crippen LogP contribution in [0.4, 0.5) is 10.2 Å². The fraction of sp³-hybridized carbons (Fsp3) is 0.250. The van der Waals surface area contributed by atoms with Crippen LogP contribution in [0.25, 0.3) is 11.1 Å². The molecule has 0 radical (unpaired) electrons. The zero-order valence-corrected chi connectivity index (χ0v) is 11.0. The highest BCUT2D eigenvalue weighted by Crippen LogP contribution is 2.35. The molecule has 0 spiro atoms. The number of anilines is 1. The molecule has 0 aliphatic heterocycles. The van der Waals surface area contributed by atoms with Crippen molar-refractivity contribution in [2.75, 3.05) is 5.73 Å². The molecular weight excluding hydrogens is 253 g/mol. The van der Waals surface area contributed by atoms with E-state index in [2.05, 4.69) is 11.1 Å². The van der Waals surface area contributed by atoms with Gasteiger partial charge in [0.15, 0.2) is 0 Å². The van der Waals surface area contributed by atoms with Crippen molar-refractivity contribution >= 4 is 5.82 Å². The number of aryl methyl sites for hydroxylation is 1. The molecule has 2 aromatic rings. The number of nitrogen functional groups attached to an aromatic ring is 1. The van der Waals surface area contributed by atoms with Gasteiger partial charge in [0.1, 0.15) is 23.3 Å². The Morgan fingerprint density at radius 1 is 1.15 bits per heavy atom. The third-order valence-corrected chi connectivity index (χ3v) is 3.75. The highest BCUT2D eigenvalue weighted by molar-refractivity contribution is 5.79. The van der Waals surface area contributed by atoms with E-state index < -0.39 is 0 Å². The van der Waals surface area contributed by atoms with Crippen molar-refractivity contribution in [2.24, 2.45) is 0 Å². The smallest absolute Gasteiger partial charge is 0.142 e. The molecule has 4 heteroatoms. The molecule has 0 fully saturated rings. The lowest BCUT2D eigenvalue weighted by atomic mass is 9.86. The minimum Gasteiger partial charge on any atom is -0.383 e. The maximum atomic E-state index is 13.1. The van der Waals surface area contributed by atoms with E-state index in [0.29, 0.717) is 5.56 Å². The number of benzene rings is 1. The van der Waals surface area contributed by atoms with Gasteiger partial charge in [-0.3, -0.25) is 0 Å². The van der Waals surface area contributed by atoms with E-state index in [1.807, 2.05) is 0 Å². The van der Waals surface area contributed by atoms with Gasteiger partial charge in [-0.1, -0.05) is 12.1 Å². The standard InChI is InChI=1S/C16H14FN3/c17-11-7-5-10(6-8-11)15-12-3-1-2-4-14(12)20-16(19)13(15)9-18/h5-8H,1-4H2,(H2,19,20). The van der Waals surface area contributed by atoms with Crippen molar-refractivity contribution < 1.29 is 4.39 Å². The maximum Gasteiger partial charge on any atom is 0.142 e. The summed E-state index contributed by atoms with van der Waals surface area (Å²) in [6.07, 6.45) is 3.95. The zero-order chi connectivity index (χ0) is 14.1. The highest BCUT2D eigenvalue weighted by Gasteiger charge is 2.21. The molecular formula is C16H14FN3. The quantitative estimate of drug-likeness (QED) is 0.862. The van der Waals surface area contributed by atoms with Crippen molar-refractivity contribution in [3.8, 4) is 17.2 Å². The molecule has 3 nitrogen and oxygen atoms in total. The maximum absolute atomic E-state index is 13.1. The van der Waals surface area contributed by atoms with Gasteiger partial charge < -0.3 is 5.73 Å². The van der Waals surface area contributed by atoms with Gasteiger partial charge in [-0.2, -0.15) is 5.26 Å². The molecule has 0 saturated carbocycles. The van der Waals surface area contributed by atoms with Crippen LogP contribution in [0, 0.1) is 17.1 Å². The predicted octanol–water partition coefficient (Wildman–Crippen LogP) is 3.22. The van der Waals surface area contributed by atoms with Gasteiger partial charge in [0, 0.05) is 11.3 Å². The average Bonchev–Trinajstić information content (AvgIpc) is 2.47. The van der Waals surface area contributed by atoms with Crippen LogP contribution in [0.2, 0.25) is 0 Å². The Balaban J connectivity index is 2.29. The van der Waals surface area contributed by atoms with Crippen LogP contribution in [0.15, 0.2) is 24.3 Å². The van der Waals surface area contributed by atoms with E-state index in [1.54, 1.807) is 12.1 Å². The molecule has 1 aliphatic rings. The number of fused-ring (bicyclic) bond motifs is 1. The first-order valence-corrected chi connectivity index (χ1v) is 6.68. The minimum absolute atomic E-state index is 0.271. The second-order valence-corrected chi connectivity index (χ2v) is 5.00. The summed E-state index contributed by atoms with van der Waals surface area (Å²) in [4.78, 5) is 4.37. The number of pyridine rings is 1. The Kier molecular flexibility index (Phi) is 3.11. The molecule has 1 heterocycles. The van der Waals surface area contributed by atoms with Crippen LogP contribution in [-0.2, 0) is 12.8 Å². The van der Waals surface area contributed by atoms with E-state index in [1.165, 1.54) is 12.1 Å². The van der Waals surface area contributed by atoms with E-state index in [4.69, 9.17) is 5.73 Å². The minimum atomic E-state index is -0.289. The third-order valence-electron chi connectivity index (χ3n) is 3.75. The number of hydrogen-bond acceptors (Lipinski definition) is 3. The predicted molar refractivity (Wildman–Crippen MR) is 75.4 cm³/mol. The van der Waals surface area contributed by atoms with Crippen LogP contribution in [0.5, 0.6) is 0 Å².